The summed E-state index contributed by atoms with van der Waals surface area (Å²) >= 11 is 1.31. The number of anilines is 1. The number of pyridine rings is 1. The lowest BCUT2D eigenvalue weighted by Crippen LogP contribution is -2.20. The van der Waals surface area contributed by atoms with E-state index in [0.29, 0.717) is 22.5 Å². The van der Waals surface area contributed by atoms with Crippen LogP contribution in [0.2, 0.25) is 0 Å². The zero-order valence-electron chi connectivity index (χ0n) is 15.2. The molecule has 0 aliphatic heterocycles. The Morgan fingerprint density at radius 1 is 0.897 bits per heavy atom. The minimum Gasteiger partial charge on any atom is -0.484 e. The third kappa shape index (κ3) is 5.14. The molecule has 0 aliphatic rings. The normalized spacial score (nSPS) is 10.3. The fourth-order valence-electron chi connectivity index (χ4n) is 2.41. The Morgan fingerprint density at radius 2 is 1.66 bits per heavy atom. The molecule has 7 nitrogen and oxygen atoms in total. The van der Waals surface area contributed by atoms with Crippen LogP contribution in [0.3, 0.4) is 0 Å². The predicted octanol–water partition coefficient (Wildman–Crippen LogP) is 4.41. The molecule has 8 heteroatoms. The maximum atomic E-state index is 12.1. The smallest absolute Gasteiger partial charge is 0.264 e. The van der Waals surface area contributed by atoms with Crippen molar-refractivity contribution in [3.63, 3.8) is 0 Å². The lowest BCUT2D eigenvalue weighted by atomic mass is 10.2. The quantitative estimate of drug-likeness (QED) is 0.491. The maximum Gasteiger partial charge on any atom is 0.264 e. The van der Waals surface area contributed by atoms with Crippen molar-refractivity contribution in [3.8, 4) is 28.0 Å². The van der Waals surface area contributed by atoms with E-state index in [4.69, 9.17) is 9.47 Å². The van der Waals surface area contributed by atoms with Gasteiger partial charge in [-0.25, -0.2) is 4.98 Å². The van der Waals surface area contributed by atoms with Crippen LogP contribution >= 0.6 is 11.3 Å². The van der Waals surface area contributed by atoms with Crippen molar-refractivity contribution in [2.75, 3.05) is 11.9 Å². The number of hydrogen-bond donors (Lipinski definition) is 1. The monoisotopic (exact) mass is 404 g/mol. The predicted molar refractivity (Wildman–Crippen MR) is 110 cm³/mol. The number of nitrogens with zero attached hydrogens (tertiary/aromatic N) is 3. The number of rotatable bonds is 7. The van der Waals surface area contributed by atoms with Gasteiger partial charge in [-0.15, -0.1) is 10.2 Å². The van der Waals surface area contributed by atoms with Gasteiger partial charge >= 0.3 is 0 Å². The Kier molecular flexibility index (Phi) is 5.73. The second-order valence-corrected chi connectivity index (χ2v) is 6.83. The molecule has 1 N–H and O–H groups in total. The van der Waals surface area contributed by atoms with E-state index in [1.54, 1.807) is 36.5 Å². The van der Waals surface area contributed by atoms with Gasteiger partial charge in [-0.1, -0.05) is 47.7 Å². The van der Waals surface area contributed by atoms with Crippen molar-refractivity contribution < 1.29 is 14.3 Å². The maximum absolute atomic E-state index is 12.1. The van der Waals surface area contributed by atoms with Gasteiger partial charge in [0.05, 0.1) is 0 Å². The van der Waals surface area contributed by atoms with Gasteiger partial charge in [0.15, 0.2) is 6.61 Å². The van der Waals surface area contributed by atoms with Crippen LogP contribution in [0.1, 0.15) is 0 Å². The van der Waals surface area contributed by atoms with Gasteiger partial charge < -0.3 is 9.47 Å². The number of carbonyl (C=O) groups is 1. The molecule has 0 spiro atoms. The summed E-state index contributed by atoms with van der Waals surface area (Å²) in [4.78, 5) is 16.2. The molecule has 0 saturated carbocycles. The molecule has 2 heterocycles. The van der Waals surface area contributed by atoms with Crippen LogP contribution in [0.5, 0.6) is 17.4 Å². The fraction of sp³-hybridized carbons (Fsp3) is 0.0476. The van der Waals surface area contributed by atoms with Gasteiger partial charge in [0.25, 0.3) is 5.91 Å². The molecule has 0 unspecified atom stereocenters. The molecular weight excluding hydrogens is 388 g/mol. The van der Waals surface area contributed by atoms with E-state index in [9.17, 15) is 4.79 Å². The first-order valence-electron chi connectivity index (χ1n) is 8.77. The Hall–Kier alpha value is -3.78. The van der Waals surface area contributed by atoms with Crippen LogP contribution in [-0.4, -0.2) is 27.7 Å². The van der Waals surface area contributed by atoms with E-state index < -0.39 is 0 Å². The van der Waals surface area contributed by atoms with Gasteiger partial charge in [0.2, 0.25) is 11.0 Å². The molecule has 4 rings (SSSR count). The second kappa shape index (κ2) is 8.94. The first kappa shape index (κ1) is 18.6. The van der Waals surface area contributed by atoms with Crippen LogP contribution in [0.4, 0.5) is 5.13 Å². The highest BCUT2D eigenvalue weighted by Gasteiger charge is 2.10. The molecule has 0 fully saturated rings. The Bertz CT molecular complexity index is 1070. The lowest BCUT2D eigenvalue weighted by Gasteiger charge is -2.07. The van der Waals surface area contributed by atoms with Gasteiger partial charge in [-0.2, -0.15) is 0 Å². The number of aromatic nitrogens is 3. The van der Waals surface area contributed by atoms with Gasteiger partial charge in [0.1, 0.15) is 16.5 Å². The minimum atomic E-state index is -0.311. The molecule has 0 saturated heterocycles. The van der Waals surface area contributed by atoms with E-state index in [1.807, 2.05) is 42.5 Å². The van der Waals surface area contributed by atoms with Crippen LogP contribution < -0.4 is 14.8 Å². The van der Waals surface area contributed by atoms with E-state index in [0.717, 1.165) is 10.6 Å². The molecule has 0 aliphatic carbocycles. The average Bonchev–Trinajstić information content (AvgIpc) is 3.23. The summed E-state index contributed by atoms with van der Waals surface area (Å²) in [7, 11) is 0. The lowest BCUT2D eigenvalue weighted by molar-refractivity contribution is -0.118. The van der Waals surface area contributed by atoms with Crippen molar-refractivity contribution in [1.82, 2.24) is 15.2 Å². The first-order chi connectivity index (χ1) is 14.3. The highest BCUT2D eigenvalue weighted by molar-refractivity contribution is 7.18. The number of nitrogens with one attached hydrogen (secondary N) is 1. The van der Waals surface area contributed by atoms with Crippen LogP contribution in [0.25, 0.3) is 10.6 Å². The van der Waals surface area contributed by atoms with Crippen molar-refractivity contribution in [2.45, 2.75) is 0 Å². The zero-order valence-corrected chi connectivity index (χ0v) is 16.0. The number of hydrogen-bond acceptors (Lipinski definition) is 7. The van der Waals surface area contributed by atoms with Crippen molar-refractivity contribution in [1.29, 1.82) is 0 Å². The van der Waals surface area contributed by atoms with Gasteiger partial charge in [-0.3, -0.25) is 10.1 Å². The van der Waals surface area contributed by atoms with Crippen LogP contribution in [0, 0.1) is 0 Å². The third-order valence-corrected chi connectivity index (χ3v) is 4.63. The fourth-order valence-corrected chi connectivity index (χ4v) is 3.17. The Morgan fingerprint density at radius 3 is 2.41 bits per heavy atom. The highest BCUT2D eigenvalue weighted by Crippen LogP contribution is 2.26. The summed E-state index contributed by atoms with van der Waals surface area (Å²) < 4.78 is 11.1. The van der Waals surface area contributed by atoms with Crippen LogP contribution in [0.15, 0.2) is 79.0 Å². The number of amides is 1. The first-order valence-corrected chi connectivity index (χ1v) is 9.58. The van der Waals surface area contributed by atoms with Crippen molar-refractivity contribution in [2.24, 2.45) is 0 Å². The van der Waals surface area contributed by atoms with E-state index >= 15 is 0 Å². The molecule has 1 amide bonds. The van der Waals surface area contributed by atoms with Crippen LogP contribution in [-0.2, 0) is 4.79 Å². The Balaban J connectivity index is 1.28. The zero-order chi connectivity index (χ0) is 19.9. The summed E-state index contributed by atoms with van der Waals surface area (Å²) in [6.45, 7) is -0.138. The van der Waals surface area contributed by atoms with E-state index in [1.165, 1.54) is 11.3 Å². The third-order valence-electron chi connectivity index (χ3n) is 3.75. The van der Waals surface area contributed by atoms with Crippen molar-refractivity contribution in [3.05, 3.63) is 79.0 Å². The molecule has 0 atom stereocenters. The summed E-state index contributed by atoms with van der Waals surface area (Å²) in [5.41, 5.74) is 0.953. The van der Waals surface area contributed by atoms with Gasteiger partial charge in [0, 0.05) is 17.8 Å². The molecule has 4 aromatic rings. The summed E-state index contributed by atoms with van der Waals surface area (Å²) in [5.74, 6) is 1.38. The molecule has 2 aromatic heterocycles. The Labute approximate surface area is 171 Å². The van der Waals surface area contributed by atoms with E-state index in [2.05, 4.69) is 20.5 Å². The number of benzene rings is 2. The summed E-state index contributed by atoms with van der Waals surface area (Å²) in [5, 5.41) is 12.0. The number of carbonyl (C=O) groups excluding carboxylic acids is 1. The second-order valence-electron chi connectivity index (χ2n) is 5.86. The summed E-state index contributed by atoms with van der Waals surface area (Å²) in [6, 6.07) is 22.1. The summed E-state index contributed by atoms with van der Waals surface area (Å²) in [6.07, 6.45) is 1.66. The SMILES string of the molecule is O=C(COc1ccc(Oc2ccccn2)cc1)Nc1nnc(-c2ccccc2)s1. The minimum absolute atomic E-state index is 0.138. The standard InChI is InChI=1S/C21H16N4O3S/c26-18(23-21-25-24-20(29-21)15-6-2-1-3-7-15)14-27-16-9-11-17(12-10-16)28-19-8-4-5-13-22-19/h1-13H,14H2,(H,23,25,26). The topological polar surface area (TPSA) is 86.2 Å². The highest BCUT2D eigenvalue weighted by atomic mass is 32.1. The molecule has 2 aromatic carbocycles. The number of ether oxygens (including phenoxy) is 2. The van der Waals surface area contributed by atoms with Crippen molar-refractivity contribution >= 4 is 22.4 Å². The molecule has 0 bridgehead atoms. The van der Waals surface area contributed by atoms with E-state index in [-0.39, 0.29) is 12.5 Å². The molecule has 0 radical (unpaired) electrons. The average molecular weight is 404 g/mol. The van der Waals surface area contributed by atoms with Gasteiger partial charge in [-0.05, 0) is 30.3 Å². The molecule has 29 heavy (non-hydrogen) atoms. The molecular formula is C21H16N4O3S. The largest absolute Gasteiger partial charge is 0.484 e. The molecule has 144 valence electrons.